The van der Waals surface area contributed by atoms with Crippen LogP contribution < -0.4 is 10.6 Å². The third kappa shape index (κ3) is 7.43. The Morgan fingerprint density at radius 1 is 1.21 bits per heavy atom. The summed E-state index contributed by atoms with van der Waals surface area (Å²) < 4.78 is 11.8. The van der Waals surface area contributed by atoms with Crippen LogP contribution in [0.3, 0.4) is 0 Å². The molecule has 0 atom stereocenters. The Hall–Kier alpha value is -1.60. The average Bonchev–Trinajstić information content (AvgIpc) is 2.63. The third-order valence-electron chi connectivity index (χ3n) is 4.76. The van der Waals surface area contributed by atoms with E-state index in [9.17, 15) is 9.59 Å². The van der Waals surface area contributed by atoms with Crippen LogP contribution in [0.1, 0.15) is 52.0 Å². The summed E-state index contributed by atoms with van der Waals surface area (Å²) in [7, 11) is 0. The first-order valence-electron chi connectivity index (χ1n) is 9.78. The van der Waals surface area contributed by atoms with Gasteiger partial charge in [0.2, 0.25) is 5.91 Å². The van der Waals surface area contributed by atoms with Gasteiger partial charge >= 0.3 is 6.09 Å². The lowest BCUT2D eigenvalue weighted by Gasteiger charge is -2.38. The lowest BCUT2D eigenvalue weighted by molar-refractivity contribution is -0.121. The molecule has 6 nitrogen and oxygen atoms in total. The fraction of sp³-hybridized carbons (Fsp3) is 0.619. The lowest BCUT2D eigenvalue weighted by atomic mass is 9.74. The van der Waals surface area contributed by atoms with E-state index < -0.39 is 11.7 Å². The highest BCUT2D eigenvalue weighted by molar-refractivity contribution is 9.10. The van der Waals surface area contributed by atoms with Crippen molar-refractivity contribution < 1.29 is 19.1 Å². The average molecular weight is 455 g/mol. The summed E-state index contributed by atoms with van der Waals surface area (Å²) in [4.78, 5) is 23.9. The fourth-order valence-electron chi connectivity index (χ4n) is 3.26. The Morgan fingerprint density at radius 3 is 2.57 bits per heavy atom. The molecule has 0 radical (unpaired) electrons. The molecule has 2 N–H and O–H groups in total. The number of hydrogen-bond donors (Lipinski definition) is 2. The van der Waals surface area contributed by atoms with Crippen LogP contribution in [0.25, 0.3) is 0 Å². The molecule has 0 unspecified atom stereocenters. The smallest absolute Gasteiger partial charge is 0.407 e. The molecular weight excluding hydrogens is 424 g/mol. The molecule has 2 rings (SSSR count). The highest BCUT2D eigenvalue weighted by Crippen LogP contribution is 2.35. The number of amides is 2. The molecule has 0 spiro atoms. The largest absolute Gasteiger partial charge is 0.444 e. The number of benzene rings is 1. The molecule has 1 heterocycles. The molecule has 7 heteroatoms. The van der Waals surface area contributed by atoms with E-state index >= 15 is 0 Å². The van der Waals surface area contributed by atoms with Crippen molar-refractivity contribution in [3.63, 3.8) is 0 Å². The van der Waals surface area contributed by atoms with Crippen LogP contribution in [0.2, 0.25) is 0 Å². The molecule has 0 aromatic heterocycles. The second kappa shape index (κ2) is 10.3. The first-order chi connectivity index (χ1) is 13.2. The second-order valence-corrected chi connectivity index (χ2v) is 9.13. The summed E-state index contributed by atoms with van der Waals surface area (Å²) >= 11 is 3.54. The number of rotatable bonds is 7. The van der Waals surface area contributed by atoms with E-state index in [0.717, 1.165) is 17.3 Å². The molecule has 1 aliphatic heterocycles. The molecule has 0 bridgehead atoms. The van der Waals surface area contributed by atoms with Crippen molar-refractivity contribution in [2.45, 2.75) is 57.5 Å². The lowest BCUT2D eigenvalue weighted by Crippen LogP contribution is -2.44. The molecule has 1 aromatic rings. The van der Waals surface area contributed by atoms with E-state index in [1.54, 1.807) is 0 Å². The zero-order valence-electron chi connectivity index (χ0n) is 17.0. The molecule has 2 amide bonds. The maximum Gasteiger partial charge on any atom is 0.407 e. The zero-order chi connectivity index (χ0) is 20.6. The molecular formula is C21H31BrN2O4. The zero-order valence-corrected chi connectivity index (χ0v) is 18.6. The number of carbonyl (C=O) groups excluding carboxylic acids is 2. The first-order valence-corrected chi connectivity index (χ1v) is 10.6. The Kier molecular flexibility index (Phi) is 8.31. The third-order valence-corrected chi connectivity index (χ3v) is 5.25. The molecule has 1 aromatic carbocycles. The number of hydrogen-bond acceptors (Lipinski definition) is 4. The van der Waals surface area contributed by atoms with Gasteiger partial charge in [-0.1, -0.05) is 28.1 Å². The van der Waals surface area contributed by atoms with Crippen LogP contribution in [0.5, 0.6) is 0 Å². The second-order valence-electron chi connectivity index (χ2n) is 8.21. The minimum absolute atomic E-state index is 0.00754. The van der Waals surface area contributed by atoms with Gasteiger partial charge in [-0.05, 0) is 57.7 Å². The van der Waals surface area contributed by atoms with Gasteiger partial charge in [-0.25, -0.2) is 4.79 Å². The van der Waals surface area contributed by atoms with E-state index in [2.05, 4.69) is 38.7 Å². The van der Waals surface area contributed by atoms with Crippen LogP contribution in [0, 0.1) is 0 Å². The van der Waals surface area contributed by atoms with E-state index in [4.69, 9.17) is 9.47 Å². The molecule has 28 heavy (non-hydrogen) atoms. The van der Waals surface area contributed by atoms with Crippen LogP contribution >= 0.6 is 15.9 Å². The van der Waals surface area contributed by atoms with Crippen LogP contribution in [-0.4, -0.2) is 43.9 Å². The van der Waals surface area contributed by atoms with Crippen molar-refractivity contribution in [1.82, 2.24) is 10.6 Å². The SMILES string of the molecule is CC(C)(C)OC(=O)NCCCC(=O)NCC1(c2cccc(Br)c2)CCOCC1. The minimum Gasteiger partial charge on any atom is -0.444 e. The molecule has 1 saturated heterocycles. The molecule has 156 valence electrons. The van der Waals surface area contributed by atoms with Crippen molar-refractivity contribution in [3.8, 4) is 0 Å². The van der Waals surface area contributed by atoms with Crippen molar-refractivity contribution in [1.29, 1.82) is 0 Å². The Balaban J connectivity index is 1.80. The van der Waals surface area contributed by atoms with Crippen LogP contribution in [-0.2, 0) is 19.7 Å². The van der Waals surface area contributed by atoms with Gasteiger partial charge in [-0.3, -0.25) is 4.79 Å². The monoisotopic (exact) mass is 454 g/mol. The molecule has 1 fully saturated rings. The maximum absolute atomic E-state index is 12.3. The normalized spacial score (nSPS) is 16.3. The summed E-state index contributed by atoms with van der Waals surface area (Å²) in [5, 5.41) is 5.76. The highest BCUT2D eigenvalue weighted by Gasteiger charge is 2.34. The Morgan fingerprint density at radius 2 is 1.93 bits per heavy atom. The summed E-state index contributed by atoms with van der Waals surface area (Å²) in [6.45, 7) is 7.84. The topological polar surface area (TPSA) is 76.7 Å². The van der Waals surface area contributed by atoms with Gasteiger partial charge in [-0.2, -0.15) is 0 Å². The fourth-order valence-corrected chi connectivity index (χ4v) is 3.66. The predicted octanol–water partition coefficient (Wildman–Crippen LogP) is 3.92. The summed E-state index contributed by atoms with van der Waals surface area (Å²) in [5.74, 6) is -0.00754. The summed E-state index contributed by atoms with van der Waals surface area (Å²) in [6.07, 6.45) is 2.23. The quantitative estimate of drug-likeness (QED) is 0.612. The standard InChI is InChI=1S/C21H31BrN2O4/c1-20(2,3)28-19(26)23-11-5-8-18(25)24-15-21(9-12-27-13-10-21)16-6-4-7-17(22)14-16/h4,6-7,14H,5,8-13,15H2,1-3H3,(H,23,26)(H,24,25). The van der Waals surface area contributed by atoms with Gasteiger partial charge in [0.1, 0.15) is 5.60 Å². The van der Waals surface area contributed by atoms with Gasteiger partial charge in [0.15, 0.2) is 0 Å². The first kappa shape index (κ1) is 22.7. The predicted molar refractivity (Wildman–Crippen MR) is 112 cm³/mol. The number of alkyl carbamates (subject to hydrolysis) is 1. The summed E-state index contributed by atoms with van der Waals surface area (Å²) in [6, 6.07) is 8.28. The van der Waals surface area contributed by atoms with Gasteiger partial charge in [0.05, 0.1) is 0 Å². The van der Waals surface area contributed by atoms with Crippen molar-refractivity contribution >= 4 is 27.9 Å². The van der Waals surface area contributed by atoms with Gasteiger partial charge in [0, 0.05) is 42.6 Å². The maximum atomic E-state index is 12.3. The van der Waals surface area contributed by atoms with Crippen molar-refractivity contribution in [3.05, 3.63) is 34.3 Å². The Bertz CT molecular complexity index is 667. The van der Waals surface area contributed by atoms with Gasteiger partial charge in [-0.15, -0.1) is 0 Å². The van der Waals surface area contributed by atoms with E-state index in [-0.39, 0.29) is 11.3 Å². The highest BCUT2D eigenvalue weighted by atomic mass is 79.9. The van der Waals surface area contributed by atoms with Crippen molar-refractivity contribution in [2.24, 2.45) is 0 Å². The van der Waals surface area contributed by atoms with E-state index in [1.807, 2.05) is 32.9 Å². The number of halogens is 1. The Labute approximate surface area is 175 Å². The molecule has 1 aliphatic rings. The van der Waals surface area contributed by atoms with Gasteiger partial charge < -0.3 is 20.1 Å². The number of nitrogens with one attached hydrogen (secondary N) is 2. The van der Waals surface area contributed by atoms with Gasteiger partial charge in [0.25, 0.3) is 0 Å². The molecule has 0 aliphatic carbocycles. The van der Waals surface area contributed by atoms with E-state index in [1.165, 1.54) is 5.56 Å². The number of ether oxygens (including phenoxy) is 2. The summed E-state index contributed by atoms with van der Waals surface area (Å²) in [5.41, 5.74) is 0.593. The van der Waals surface area contributed by atoms with Crippen LogP contribution in [0.4, 0.5) is 4.79 Å². The number of carbonyl (C=O) groups is 2. The van der Waals surface area contributed by atoms with Crippen LogP contribution in [0.15, 0.2) is 28.7 Å². The van der Waals surface area contributed by atoms with Crippen molar-refractivity contribution in [2.75, 3.05) is 26.3 Å². The van der Waals surface area contributed by atoms with E-state index in [0.29, 0.717) is 39.1 Å². The minimum atomic E-state index is -0.522. The molecule has 0 saturated carbocycles.